The highest BCUT2D eigenvalue weighted by Gasteiger charge is 2.45. The van der Waals surface area contributed by atoms with Gasteiger partial charge in [-0.2, -0.15) is 0 Å². The van der Waals surface area contributed by atoms with Crippen LogP contribution in [0.3, 0.4) is 0 Å². The van der Waals surface area contributed by atoms with E-state index in [9.17, 15) is 4.79 Å². The molecule has 2 aliphatic rings. The topological polar surface area (TPSA) is 55.1 Å². The fourth-order valence-electron chi connectivity index (χ4n) is 2.41. The van der Waals surface area contributed by atoms with E-state index in [4.69, 9.17) is 5.73 Å². The van der Waals surface area contributed by atoms with Crippen LogP contribution < -0.4 is 11.1 Å². The number of hydrogen-bond acceptors (Lipinski definition) is 1. The van der Waals surface area contributed by atoms with Gasteiger partial charge in [0.05, 0.1) is 0 Å². The Labute approximate surface area is 72.7 Å². The highest BCUT2D eigenvalue weighted by atomic mass is 16.2. The lowest BCUT2D eigenvalue weighted by atomic mass is 9.83. The summed E-state index contributed by atoms with van der Waals surface area (Å²) in [5.74, 6) is 0. The summed E-state index contributed by atoms with van der Waals surface area (Å²) in [6, 6.07) is -0.00329. The first-order valence-electron chi connectivity index (χ1n) is 4.76. The highest BCUT2D eigenvalue weighted by Crippen LogP contribution is 2.56. The van der Waals surface area contributed by atoms with Gasteiger partial charge in [-0.15, -0.1) is 0 Å². The van der Waals surface area contributed by atoms with E-state index in [2.05, 4.69) is 5.32 Å². The van der Waals surface area contributed by atoms with Gasteiger partial charge in [-0.1, -0.05) is 6.42 Å². The van der Waals surface area contributed by atoms with Crippen LogP contribution in [0.5, 0.6) is 0 Å². The first-order chi connectivity index (χ1) is 5.70. The summed E-state index contributed by atoms with van der Waals surface area (Å²) in [5, 5.41) is 2.82. The van der Waals surface area contributed by atoms with Gasteiger partial charge in [0.1, 0.15) is 0 Å². The Morgan fingerprint density at radius 2 is 2.17 bits per heavy atom. The van der Waals surface area contributed by atoms with Gasteiger partial charge in [0.2, 0.25) is 0 Å². The predicted molar refractivity (Wildman–Crippen MR) is 46.6 cm³/mol. The van der Waals surface area contributed by atoms with Crippen LogP contribution >= 0.6 is 0 Å². The molecule has 0 saturated heterocycles. The molecule has 2 rings (SSSR count). The molecule has 1 spiro atoms. The first kappa shape index (κ1) is 7.90. The minimum Gasteiger partial charge on any atom is -0.352 e. The maximum absolute atomic E-state index is 10.6. The average molecular weight is 168 g/mol. The van der Waals surface area contributed by atoms with Gasteiger partial charge in [-0.25, -0.2) is 4.79 Å². The van der Waals surface area contributed by atoms with Crippen LogP contribution in [-0.2, 0) is 0 Å². The van der Waals surface area contributed by atoms with Crippen molar-refractivity contribution in [2.45, 2.75) is 44.6 Å². The van der Waals surface area contributed by atoms with Crippen molar-refractivity contribution in [3.8, 4) is 0 Å². The molecule has 2 fully saturated rings. The number of amides is 2. The van der Waals surface area contributed by atoms with Crippen molar-refractivity contribution >= 4 is 6.03 Å². The Morgan fingerprint density at radius 1 is 1.42 bits per heavy atom. The number of nitrogens with two attached hydrogens (primary N) is 1. The molecular weight excluding hydrogens is 152 g/mol. The third-order valence-corrected chi connectivity index (χ3v) is 3.24. The Morgan fingerprint density at radius 3 is 2.75 bits per heavy atom. The molecule has 0 aromatic rings. The zero-order chi connectivity index (χ0) is 8.60. The van der Waals surface area contributed by atoms with Crippen LogP contribution in [0.15, 0.2) is 0 Å². The van der Waals surface area contributed by atoms with Crippen molar-refractivity contribution in [1.82, 2.24) is 5.32 Å². The molecular formula is C9H16N2O. The maximum Gasteiger partial charge on any atom is 0.312 e. The predicted octanol–water partition coefficient (Wildman–Crippen LogP) is 1.38. The van der Waals surface area contributed by atoms with Gasteiger partial charge < -0.3 is 11.1 Å². The van der Waals surface area contributed by atoms with E-state index in [0.717, 1.165) is 12.8 Å². The summed E-state index contributed by atoms with van der Waals surface area (Å²) < 4.78 is 0. The molecule has 0 heterocycles. The molecule has 68 valence electrons. The summed E-state index contributed by atoms with van der Waals surface area (Å²) in [6.07, 6.45) is 7.63. The molecule has 0 aliphatic heterocycles. The second-order valence-corrected chi connectivity index (χ2v) is 4.30. The van der Waals surface area contributed by atoms with Crippen molar-refractivity contribution < 1.29 is 4.79 Å². The summed E-state index contributed by atoms with van der Waals surface area (Å²) >= 11 is 0. The Kier molecular flexibility index (Phi) is 1.74. The van der Waals surface area contributed by atoms with Gasteiger partial charge in [-0.3, -0.25) is 0 Å². The first-order valence-corrected chi connectivity index (χ1v) is 4.76. The van der Waals surface area contributed by atoms with Crippen LogP contribution in [0.25, 0.3) is 0 Å². The smallest absolute Gasteiger partial charge is 0.312 e. The van der Waals surface area contributed by atoms with Crippen molar-refractivity contribution in [1.29, 1.82) is 0 Å². The van der Waals surface area contributed by atoms with Gasteiger partial charge in [0.15, 0.2) is 0 Å². The quantitative estimate of drug-likeness (QED) is 0.610. The molecule has 0 aromatic heterocycles. The number of primary amides is 1. The summed E-state index contributed by atoms with van der Waals surface area (Å²) in [7, 11) is 0. The number of rotatable bonds is 1. The molecule has 1 atom stereocenters. The number of hydrogen-bond donors (Lipinski definition) is 2. The number of urea groups is 1. The van der Waals surface area contributed by atoms with E-state index in [-0.39, 0.29) is 6.03 Å². The molecule has 3 nitrogen and oxygen atoms in total. The van der Waals surface area contributed by atoms with E-state index >= 15 is 0 Å². The van der Waals surface area contributed by atoms with E-state index in [1.807, 2.05) is 0 Å². The maximum atomic E-state index is 10.6. The van der Waals surface area contributed by atoms with Gasteiger partial charge in [0, 0.05) is 6.04 Å². The second kappa shape index (κ2) is 2.64. The Hall–Kier alpha value is -0.730. The molecule has 2 aliphatic carbocycles. The Bertz CT molecular complexity index is 199. The molecule has 0 bridgehead atoms. The van der Waals surface area contributed by atoms with E-state index in [0.29, 0.717) is 11.5 Å². The molecule has 3 heteroatoms. The van der Waals surface area contributed by atoms with Crippen molar-refractivity contribution in [3.63, 3.8) is 0 Å². The zero-order valence-corrected chi connectivity index (χ0v) is 7.31. The molecule has 3 N–H and O–H groups in total. The number of carbonyl (C=O) groups is 1. The molecule has 0 radical (unpaired) electrons. The molecule has 1 unspecified atom stereocenters. The highest BCUT2D eigenvalue weighted by molar-refractivity contribution is 5.71. The monoisotopic (exact) mass is 168 g/mol. The lowest BCUT2D eigenvalue weighted by Crippen LogP contribution is -2.41. The van der Waals surface area contributed by atoms with Crippen molar-refractivity contribution in [2.75, 3.05) is 0 Å². The fourth-order valence-corrected chi connectivity index (χ4v) is 2.41. The summed E-state index contributed by atoms with van der Waals surface area (Å²) in [5.41, 5.74) is 5.70. The van der Waals surface area contributed by atoms with E-state index in [1.165, 1.54) is 25.7 Å². The lowest BCUT2D eigenvalue weighted by molar-refractivity contribution is 0.229. The van der Waals surface area contributed by atoms with Crippen LogP contribution in [0.1, 0.15) is 38.5 Å². The second-order valence-electron chi connectivity index (χ2n) is 4.30. The molecule has 12 heavy (non-hydrogen) atoms. The van der Waals surface area contributed by atoms with E-state index < -0.39 is 0 Å². The van der Waals surface area contributed by atoms with Crippen LogP contribution in [-0.4, -0.2) is 12.1 Å². The third kappa shape index (κ3) is 1.54. The standard InChI is InChI=1S/C9H16N2O/c10-8(12)11-7-2-1-3-9(6-7)4-5-9/h7H,1-6H2,(H3,10,11,12). The Balaban J connectivity index is 1.86. The fraction of sp³-hybridized carbons (Fsp3) is 0.889. The van der Waals surface area contributed by atoms with E-state index in [1.54, 1.807) is 0 Å². The average Bonchev–Trinajstić information content (AvgIpc) is 2.68. The zero-order valence-electron chi connectivity index (χ0n) is 7.31. The van der Waals surface area contributed by atoms with Crippen LogP contribution in [0, 0.1) is 5.41 Å². The SMILES string of the molecule is NC(=O)NC1CCCC2(CC2)C1. The van der Waals surface area contributed by atoms with Gasteiger partial charge in [0.25, 0.3) is 0 Å². The minimum absolute atomic E-state index is 0.360. The largest absolute Gasteiger partial charge is 0.352 e. The van der Waals surface area contributed by atoms with Crippen molar-refractivity contribution in [2.24, 2.45) is 11.1 Å². The van der Waals surface area contributed by atoms with Gasteiger partial charge in [-0.05, 0) is 37.5 Å². The number of nitrogens with one attached hydrogen (secondary N) is 1. The minimum atomic E-state index is -0.363. The van der Waals surface area contributed by atoms with Crippen LogP contribution in [0.2, 0.25) is 0 Å². The normalized spacial score (nSPS) is 31.5. The van der Waals surface area contributed by atoms with Crippen LogP contribution in [0.4, 0.5) is 4.79 Å². The summed E-state index contributed by atoms with van der Waals surface area (Å²) in [6.45, 7) is 0. The molecule has 2 saturated carbocycles. The number of carbonyl (C=O) groups excluding carboxylic acids is 1. The van der Waals surface area contributed by atoms with Crippen molar-refractivity contribution in [3.05, 3.63) is 0 Å². The third-order valence-electron chi connectivity index (χ3n) is 3.24. The van der Waals surface area contributed by atoms with Gasteiger partial charge >= 0.3 is 6.03 Å². The molecule has 2 amide bonds. The summed E-state index contributed by atoms with van der Waals surface area (Å²) in [4.78, 5) is 10.6. The molecule has 0 aromatic carbocycles. The lowest BCUT2D eigenvalue weighted by Gasteiger charge is -2.29.